The van der Waals surface area contributed by atoms with Gasteiger partial charge >= 0.3 is 0 Å². The fraction of sp³-hybridized carbons (Fsp3) is 1.00. The highest BCUT2D eigenvalue weighted by Crippen LogP contribution is 2.11. The molecule has 1 rings (SSSR count). The standard InChI is InChI=1S/C8H18N2.2ClH/c1-10(2)6-4-8-3-5-9-7-8;;/h8-9H,3-7H2,1-2H3;2*1H/t8-;;/m0../s1. The number of rotatable bonds is 3. The molecule has 0 radical (unpaired) electrons. The second kappa shape index (κ2) is 8.11. The zero-order valence-corrected chi connectivity index (χ0v) is 9.51. The molecule has 12 heavy (non-hydrogen) atoms. The van der Waals surface area contributed by atoms with Crippen LogP contribution in [0.25, 0.3) is 0 Å². The lowest BCUT2D eigenvalue weighted by Gasteiger charge is -2.12. The van der Waals surface area contributed by atoms with Gasteiger partial charge in [0.1, 0.15) is 0 Å². The van der Waals surface area contributed by atoms with Crippen LogP contribution in [0.4, 0.5) is 0 Å². The highest BCUT2D eigenvalue weighted by atomic mass is 35.5. The Bertz CT molecular complexity index is 93.1. The van der Waals surface area contributed by atoms with Gasteiger partial charge < -0.3 is 10.2 Å². The Labute approximate surface area is 87.9 Å². The first-order valence-corrected chi connectivity index (χ1v) is 4.14. The highest BCUT2D eigenvalue weighted by Gasteiger charge is 2.13. The second-order valence-electron chi connectivity index (χ2n) is 3.45. The van der Waals surface area contributed by atoms with Crippen LogP contribution in [-0.2, 0) is 0 Å². The van der Waals surface area contributed by atoms with Gasteiger partial charge in [-0.05, 0) is 52.5 Å². The predicted molar refractivity (Wildman–Crippen MR) is 58.6 cm³/mol. The van der Waals surface area contributed by atoms with Crippen LogP contribution in [-0.4, -0.2) is 38.6 Å². The molecule has 76 valence electrons. The van der Waals surface area contributed by atoms with Gasteiger partial charge in [-0.25, -0.2) is 0 Å². The van der Waals surface area contributed by atoms with E-state index in [0.29, 0.717) is 0 Å². The molecule has 1 aliphatic rings. The van der Waals surface area contributed by atoms with E-state index < -0.39 is 0 Å². The van der Waals surface area contributed by atoms with E-state index in [4.69, 9.17) is 0 Å². The quantitative estimate of drug-likeness (QED) is 0.765. The summed E-state index contributed by atoms with van der Waals surface area (Å²) in [7, 11) is 4.28. The molecule has 2 nitrogen and oxygen atoms in total. The minimum atomic E-state index is 0. The molecular formula is C8H20Cl2N2. The molecule has 0 aromatic heterocycles. The third kappa shape index (κ3) is 6.06. The first-order chi connectivity index (χ1) is 4.79. The summed E-state index contributed by atoms with van der Waals surface area (Å²) in [5.74, 6) is 0.947. The fourth-order valence-electron chi connectivity index (χ4n) is 1.40. The van der Waals surface area contributed by atoms with Gasteiger partial charge in [0.05, 0.1) is 0 Å². The van der Waals surface area contributed by atoms with Crippen molar-refractivity contribution in [3.8, 4) is 0 Å². The first-order valence-electron chi connectivity index (χ1n) is 4.14. The predicted octanol–water partition coefficient (Wildman–Crippen LogP) is 1.39. The smallest absolute Gasteiger partial charge is 0.00196 e. The van der Waals surface area contributed by atoms with Crippen LogP contribution in [0.15, 0.2) is 0 Å². The highest BCUT2D eigenvalue weighted by molar-refractivity contribution is 5.85. The van der Waals surface area contributed by atoms with Gasteiger partial charge in [-0.2, -0.15) is 0 Å². The molecule has 1 fully saturated rings. The summed E-state index contributed by atoms with van der Waals surface area (Å²) in [6, 6.07) is 0. The molecule has 0 unspecified atom stereocenters. The summed E-state index contributed by atoms with van der Waals surface area (Å²) in [6.45, 7) is 3.72. The second-order valence-corrected chi connectivity index (χ2v) is 3.45. The molecule has 0 aliphatic carbocycles. The topological polar surface area (TPSA) is 15.3 Å². The Morgan fingerprint density at radius 1 is 1.33 bits per heavy atom. The minimum absolute atomic E-state index is 0. The van der Waals surface area contributed by atoms with Crippen molar-refractivity contribution in [3.63, 3.8) is 0 Å². The number of hydrogen-bond donors (Lipinski definition) is 1. The van der Waals surface area contributed by atoms with Crippen LogP contribution >= 0.6 is 24.8 Å². The average molecular weight is 215 g/mol. The summed E-state index contributed by atoms with van der Waals surface area (Å²) >= 11 is 0. The van der Waals surface area contributed by atoms with Crippen LogP contribution in [0.1, 0.15) is 12.8 Å². The normalized spacial score (nSPS) is 21.8. The molecule has 1 N–H and O–H groups in total. The molecule has 1 heterocycles. The molecule has 1 saturated heterocycles. The summed E-state index contributed by atoms with van der Waals surface area (Å²) in [5, 5.41) is 3.38. The van der Waals surface area contributed by atoms with E-state index in [-0.39, 0.29) is 24.8 Å². The van der Waals surface area contributed by atoms with E-state index in [1.54, 1.807) is 0 Å². The number of nitrogens with zero attached hydrogens (tertiary/aromatic N) is 1. The van der Waals surface area contributed by atoms with Crippen molar-refractivity contribution < 1.29 is 0 Å². The van der Waals surface area contributed by atoms with E-state index in [2.05, 4.69) is 24.3 Å². The van der Waals surface area contributed by atoms with Crippen molar-refractivity contribution in [1.82, 2.24) is 10.2 Å². The van der Waals surface area contributed by atoms with E-state index in [9.17, 15) is 0 Å². The van der Waals surface area contributed by atoms with Gasteiger partial charge in [-0.15, -0.1) is 24.8 Å². The van der Waals surface area contributed by atoms with Crippen LogP contribution in [0.2, 0.25) is 0 Å². The summed E-state index contributed by atoms with van der Waals surface area (Å²) < 4.78 is 0. The largest absolute Gasteiger partial charge is 0.316 e. The number of hydrogen-bond acceptors (Lipinski definition) is 2. The number of halogens is 2. The summed E-state index contributed by atoms with van der Waals surface area (Å²) in [6.07, 6.45) is 2.74. The maximum atomic E-state index is 3.38. The Kier molecular flexibility index (Phi) is 10.1. The third-order valence-corrected chi connectivity index (χ3v) is 2.15. The zero-order valence-electron chi connectivity index (χ0n) is 7.88. The van der Waals surface area contributed by atoms with Crippen molar-refractivity contribution in [2.24, 2.45) is 5.92 Å². The maximum absolute atomic E-state index is 3.38. The lowest BCUT2D eigenvalue weighted by molar-refractivity contribution is 0.360. The Morgan fingerprint density at radius 3 is 2.42 bits per heavy atom. The van der Waals surface area contributed by atoms with E-state index in [0.717, 1.165) is 5.92 Å². The molecule has 0 bridgehead atoms. The Hall–Kier alpha value is 0.500. The molecular weight excluding hydrogens is 195 g/mol. The first kappa shape index (κ1) is 15.0. The lowest BCUT2D eigenvalue weighted by atomic mass is 10.1. The van der Waals surface area contributed by atoms with Gasteiger partial charge in [0.25, 0.3) is 0 Å². The van der Waals surface area contributed by atoms with E-state index in [1.807, 2.05) is 0 Å². The van der Waals surface area contributed by atoms with Crippen molar-refractivity contribution in [3.05, 3.63) is 0 Å². The fourth-order valence-corrected chi connectivity index (χ4v) is 1.40. The molecule has 0 amide bonds. The average Bonchev–Trinajstić information content (AvgIpc) is 2.34. The summed E-state index contributed by atoms with van der Waals surface area (Å²) in [5.41, 5.74) is 0. The summed E-state index contributed by atoms with van der Waals surface area (Å²) in [4.78, 5) is 2.26. The Balaban J connectivity index is 0. The zero-order chi connectivity index (χ0) is 7.40. The van der Waals surface area contributed by atoms with Gasteiger partial charge in [-0.1, -0.05) is 0 Å². The van der Waals surface area contributed by atoms with Crippen LogP contribution in [0, 0.1) is 5.92 Å². The van der Waals surface area contributed by atoms with E-state index >= 15 is 0 Å². The van der Waals surface area contributed by atoms with Crippen molar-refractivity contribution in [2.75, 3.05) is 33.7 Å². The van der Waals surface area contributed by atoms with Crippen LogP contribution in [0.5, 0.6) is 0 Å². The monoisotopic (exact) mass is 214 g/mol. The molecule has 0 saturated carbocycles. The molecule has 0 aromatic carbocycles. The molecule has 1 atom stereocenters. The van der Waals surface area contributed by atoms with Crippen LogP contribution < -0.4 is 5.32 Å². The lowest BCUT2D eigenvalue weighted by Crippen LogP contribution is -2.18. The van der Waals surface area contributed by atoms with Crippen molar-refractivity contribution in [2.45, 2.75) is 12.8 Å². The van der Waals surface area contributed by atoms with Gasteiger partial charge in [0.15, 0.2) is 0 Å². The minimum Gasteiger partial charge on any atom is -0.316 e. The SMILES string of the molecule is CN(C)CC[C@@H]1CCNC1.Cl.Cl. The van der Waals surface area contributed by atoms with Crippen molar-refractivity contribution in [1.29, 1.82) is 0 Å². The third-order valence-electron chi connectivity index (χ3n) is 2.15. The van der Waals surface area contributed by atoms with E-state index in [1.165, 1.54) is 32.5 Å². The molecule has 4 heteroatoms. The Morgan fingerprint density at radius 2 is 2.00 bits per heavy atom. The van der Waals surface area contributed by atoms with Crippen LogP contribution in [0.3, 0.4) is 0 Å². The molecule has 1 aliphatic heterocycles. The molecule has 0 aromatic rings. The van der Waals surface area contributed by atoms with Crippen molar-refractivity contribution >= 4 is 24.8 Å². The molecule has 0 spiro atoms. The van der Waals surface area contributed by atoms with Gasteiger partial charge in [0, 0.05) is 0 Å². The maximum Gasteiger partial charge on any atom is -0.00196 e. The van der Waals surface area contributed by atoms with Gasteiger partial charge in [-0.3, -0.25) is 0 Å². The number of nitrogens with one attached hydrogen (secondary N) is 1. The van der Waals surface area contributed by atoms with Gasteiger partial charge in [0.2, 0.25) is 0 Å².